The summed E-state index contributed by atoms with van der Waals surface area (Å²) < 4.78 is 5.14. The van der Waals surface area contributed by atoms with Crippen LogP contribution in [0, 0.1) is 0 Å². The molecule has 0 aliphatic rings. The van der Waals surface area contributed by atoms with Gasteiger partial charge in [-0.15, -0.1) is 11.3 Å². The number of thiazole rings is 1. The van der Waals surface area contributed by atoms with E-state index in [4.69, 9.17) is 15.6 Å². The molecule has 0 radical (unpaired) electrons. The molecule has 1 unspecified atom stereocenters. The first-order valence-corrected chi connectivity index (χ1v) is 7.01. The van der Waals surface area contributed by atoms with E-state index >= 15 is 0 Å². The third-order valence-corrected chi connectivity index (χ3v) is 2.56. The van der Waals surface area contributed by atoms with E-state index in [1.807, 2.05) is 5.32 Å². The molecule has 0 spiro atoms. The maximum atomic E-state index is 12.1. The molecule has 1 aromatic heterocycles. The van der Waals surface area contributed by atoms with Crippen LogP contribution in [0.15, 0.2) is 10.9 Å². The monoisotopic (exact) mass is 331 g/mol. The second kappa shape index (κ2) is 7.04. The average molecular weight is 331 g/mol. The average Bonchev–Trinajstić information content (AvgIpc) is 2.86. The van der Waals surface area contributed by atoms with Crippen LogP contribution in [0.2, 0.25) is 0 Å². The zero-order valence-corrected chi connectivity index (χ0v) is 13.0. The van der Waals surface area contributed by atoms with Gasteiger partial charge in [-0.3, -0.25) is 0 Å². The molecule has 1 rings (SSSR count). The molecule has 1 aromatic rings. The molecule has 10 nitrogen and oxygen atoms in total. The Bertz CT molecular complexity index is 542. The van der Waals surface area contributed by atoms with Gasteiger partial charge in [-0.05, 0) is 20.8 Å². The Hall–Kier alpha value is -2.40. The summed E-state index contributed by atoms with van der Waals surface area (Å²) in [6.07, 6.45) is -2.49. The number of aliphatic carboxylic acids is 1. The SMILES string of the molecule is CC(C)(C)OC(=O)N(NC(=O)NC(N)C(=O)O)c1cscn1. The zero-order chi connectivity index (χ0) is 16.9. The van der Waals surface area contributed by atoms with Crippen LogP contribution >= 0.6 is 11.3 Å². The summed E-state index contributed by atoms with van der Waals surface area (Å²) >= 11 is 1.20. The van der Waals surface area contributed by atoms with Crippen LogP contribution < -0.4 is 21.5 Å². The summed E-state index contributed by atoms with van der Waals surface area (Å²) in [5, 5.41) is 12.8. The molecule has 1 heterocycles. The van der Waals surface area contributed by atoms with Gasteiger partial charge in [0.05, 0.1) is 5.51 Å². The van der Waals surface area contributed by atoms with Gasteiger partial charge in [0.15, 0.2) is 12.0 Å². The number of rotatable bonds is 3. The number of hydrogen-bond acceptors (Lipinski definition) is 7. The van der Waals surface area contributed by atoms with Crippen molar-refractivity contribution in [3.63, 3.8) is 0 Å². The topological polar surface area (TPSA) is 147 Å². The lowest BCUT2D eigenvalue weighted by Gasteiger charge is -2.26. The standard InChI is InChI=1S/C11H17N5O5S/c1-11(2,3)21-10(20)16(6-4-22-5-13-6)15-9(19)14-7(12)8(17)18/h4-5,7H,12H2,1-3H3,(H,17,18)(H2,14,15,19). The number of carbonyl (C=O) groups is 3. The number of anilines is 1. The maximum absolute atomic E-state index is 12.1. The van der Waals surface area contributed by atoms with Gasteiger partial charge in [0, 0.05) is 5.38 Å². The van der Waals surface area contributed by atoms with Crippen molar-refractivity contribution in [2.24, 2.45) is 5.73 Å². The van der Waals surface area contributed by atoms with Crippen LogP contribution in [0.25, 0.3) is 0 Å². The summed E-state index contributed by atoms with van der Waals surface area (Å²) in [7, 11) is 0. The molecule has 0 aromatic carbocycles. The molecule has 3 amide bonds. The second-order valence-electron chi connectivity index (χ2n) is 5.06. The van der Waals surface area contributed by atoms with Gasteiger partial charge in [0.2, 0.25) is 0 Å². The summed E-state index contributed by atoms with van der Waals surface area (Å²) in [5.74, 6) is -1.30. The van der Waals surface area contributed by atoms with E-state index in [9.17, 15) is 14.4 Å². The molecule has 0 saturated heterocycles. The first kappa shape index (κ1) is 17.7. The number of amides is 3. The molecule has 122 valence electrons. The van der Waals surface area contributed by atoms with Crippen molar-refractivity contribution < 1.29 is 24.2 Å². The Morgan fingerprint density at radius 2 is 2.09 bits per heavy atom. The Morgan fingerprint density at radius 1 is 1.45 bits per heavy atom. The van der Waals surface area contributed by atoms with Crippen LogP contribution in [0.5, 0.6) is 0 Å². The van der Waals surface area contributed by atoms with Crippen LogP contribution in [0.3, 0.4) is 0 Å². The predicted molar refractivity (Wildman–Crippen MR) is 78.1 cm³/mol. The Kier molecular flexibility index (Phi) is 5.65. The number of nitrogens with one attached hydrogen (secondary N) is 2. The van der Waals surface area contributed by atoms with E-state index in [2.05, 4.69) is 10.4 Å². The Morgan fingerprint density at radius 3 is 2.55 bits per heavy atom. The molecule has 0 bridgehead atoms. The van der Waals surface area contributed by atoms with E-state index in [1.165, 1.54) is 22.2 Å². The fourth-order valence-corrected chi connectivity index (χ4v) is 1.68. The molecular weight excluding hydrogens is 314 g/mol. The molecule has 11 heteroatoms. The highest BCUT2D eigenvalue weighted by atomic mass is 32.1. The fourth-order valence-electron chi connectivity index (χ4n) is 1.16. The molecule has 22 heavy (non-hydrogen) atoms. The van der Waals surface area contributed by atoms with Crippen LogP contribution in [-0.4, -0.2) is 40.0 Å². The quantitative estimate of drug-likeness (QED) is 0.465. The van der Waals surface area contributed by atoms with Gasteiger partial charge in [-0.25, -0.2) is 24.8 Å². The first-order chi connectivity index (χ1) is 10.1. The smallest absolute Gasteiger partial charge is 0.435 e. The minimum Gasteiger partial charge on any atom is -0.479 e. The van der Waals surface area contributed by atoms with Crippen molar-refractivity contribution in [3.05, 3.63) is 10.9 Å². The van der Waals surface area contributed by atoms with E-state index in [0.717, 1.165) is 5.01 Å². The maximum Gasteiger partial charge on any atom is 0.435 e. The second-order valence-corrected chi connectivity index (χ2v) is 5.78. The molecule has 0 fully saturated rings. The summed E-state index contributed by atoms with van der Waals surface area (Å²) in [6.45, 7) is 4.97. The number of nitrogens with zero attached hydrogens (tertiary/aromatic N) is 2. The summed E-state index contributed by atoms with van der Waals surface area (Å²) in [5.41, 5.74) is 7.97. The molecule has 0 aliphatic heterocycles. The largest absolute Gasteiger partial charge is 0.479 e. The van der Waals surface area contributed by atoms with Crippen LogP contribution in [0.1, 0.15) is 20.8 Å². The summed E-state index contributed by atoms with van der Waals surface area (Å²) in [4.78, 5) is 38.3. The van der Waals surface area contributed by atoms with Crippen molar-refractivity contribution in [1.82, 2.24) is 15.7 Å². The highest BCUT2D eigenvalue weighted by molar-refractivity contribution is 7.07. The first-order valence-electron chi connectivity index (χ1n) is 6.07. The highest BCUT2D eigenvalue weighted by Gasteiger charge is 2.27. The summed E-state index contributed by atoms with van der Waals surface area (Å²) in [6, 6.07) is -0.992. The van der Waals surface area contributed by atoms with E-state index in [0.29, 0.717) is 0 Å². The van der Waals surface area contributed by atoms with Crippen molar-refractivity contribution in [2.75, 3.05) is 5.01 Å². The van der Waals surface area contributed by atoms with Crippen molar-refractivity contribution in [1.29, 1.82) is 0 Å². The number of hydrogen-bond donors (Lipinski definition) is 4. The number of nitrogens with two attached hydrogens (primary N) is 1. The molecule has 1 atom stereocenters. The van der Waals surface area contributed by atoms with Crippen molar-refractivity contribution in [2.45, 2.75) is 32.5 Å². The lowest BCUT2D eigenvalue weighted by Crippen LogP contribution is -2.57. The van der Waals surface area contributed by atoms with Crippen LogP contribution in [-0.2, 0) is 9.53 Å². The predicted octanol–water partition coefficient (Wildman–Crippen LogP) is 0.468. The van der Waals surface area contributed by atoms with Gasteiger partial charge < -0.3 is 20.9 Å². The van der Waals surface area contributed by atoms with Crippen LogP contribution in [0.4, 0.5) is 15.4 Å². The highest BCUT2D eigenvalue weighted by Crippen LogP contribution is 2.16. The number of carboxylic acid groups (broad SMARTS) is 1. The number of carboxylic acids is 1. The molecule has 0 saturated carbocycles. The molecular formula is C11H17N5O5S. The van der Waals surface area contributed by atoms with Crippen molar-refractivity contribution >= 4 is 35.2 Å². The number of carbonyl (C=O) groups excluding carboxylic acids is 2. The van der Waals surface area contributed by atoms with Gasteiger partial charge in [-0.1, -0.05) is 0 Å². The molecule has 5 N–H and O–H groups in total. The number of ether oxygens (including phenoxy) is 1. The van der Waals surface area contributed by atoms with Gasteiger partial charge in [0.1, 0.15) is 5.60 Å². The van der Waals surface area contributed by atoms with Gasteiger partial charge in [0.25, 0.3) is 0 Å². The third-order valence-electron chi connectivity index (χ3n) is 1.99. The zero-order valence-electron chi connectivity index (χ0n) is 12.2. The lowest BCUT2D eigenvalue weighted by atomic mass is 10.2. The van der Waals surface area contributed by atoms with E-state index < -0.39 is 29.9 Å². The Balaban J connectivity index is 2.82. The normalized spacial score (nSPS) is 12.2. The van der Waals surface area contributed by atoms with Crippen molar-refractivity contribution in [3.8, 4) is 0 Å². The minimum absolute atomic E-state index is 0.123. The van der Waals surface area contributed by atoms with Gasteiger partial charge >= 0.3 is 18.1 Å². The Labute approximate surface area is 130 Å². The van der Waals surface area contributed by atoms with E-state index in [1.54, 1.807) is 20.8 Å². The number of hydrazine groups is 1. The minimum atomic E-state index is -1.61. The molecule has 0 aliphatic carbocycles. The fraction of sp³-hybridized carbons (Fsp3) is 0.455. The van der Waals surface area contributed by atoms with E-state index in [-0.39, 0.29) is 5.82 Å². The third kappa shape index (κ3) is 5.54. The lowest BCUT2D eigenvalue weighted by molar-refractivity contribution is -0.139. The van der Waals surface area contributed by atoms with Gasteiger partial charge in [-0.2, -0.15) is 5.01 Å². The number of aromatic nitrogens is 1. The number of urea groups is 1.